The molecule has 2 saturated carbocycles. The minimum Gasteiger partial charge on any atom is -0.459 e. The van der Waals surface area contributed by atoms with Crippen molar-refractivity contribution < 1.29 is 35.9 Å². The van der Waals surface area contributed by atoms with E-state index in [2.05, 4.69) is 5.32 Å². The van der Waals surface area contributed by atoms with Crippen molar-refractivity contribution in [2.45, 2.75) is 54.3 Å². The number of sulfone groups is 1. The minimum atomic E-state index is -3.96. The number of nitrogens with one attached hydrogen (secondary N) is 1. The summed E-state index contributed by atoms with van der Waals surface area (Å²) in [6, 6.07) is 4.95. The normalized spacial score (nSPS) is 27.8. The molecule has 2 unspecified atom stereocenters. The molecule has 2 aromatic rings. The highest BCUT2D eigenvalue weighted by Crippen LogP contribution is 2.55. The quantitative estimate of drug-likeness (QED) is 0.444. The summed E-state index contributed by atoms with van der Waals surface area (Å²) in [7, 11) is -3.96. The summed E-state index contributed by atoms with van der Waals surface area (Å²) in [4.78, 5) is 24.2. The van der Waals surface area contributed by atoms with Gasteiger partial charge in [0.2, 0.25) is 0 Å². The predicted octanol–water partition coefficient (Wildman–Crippen LogP) is 5.05. The molecular weight excluding hydrogens is 507 g/mol. The monoisotopic (exact) mass is 527 g/mol. The molecule has 0 radical (unpaired) electrons. The molecule has 1 N–H and O–H groups in total. The lowest BCUT2D eigenvalue weighted by atomic mass is 9.76. The third-order valence-corrected chi connectivity index (χ3v) is 10.2. The second kappa shape index (κ2) is 8.51. The van der Waals surface area contributed by atoms with E-state index in [0.29, 0.717) is 50.7 Å². The summed E-state index contributed by atoms with van der Waals surface area (Å²) < 4.78 is 73.2. The first kappa shape index (κ1) is 24.1. The van der Waals surface area contributed by atoms with Crippen LogP contribution in [0, 0.1) is 29.3 Å². The zero-order valence-electron chi connectivity index (χ0n) is 18.3. The van der Waals surface area contributed by atoms with Crippen molar-refractivity contribution in [2.24, 2.45) is 11.8 Å². The number of carbonyl (C=O) groups is 2. The van der Waals surface area contributed by atoms with Crippen LogP contribution in [-0.4, -0.2) is 31.1 Å². The highest BCUT2D eigenvalue weighted by atomic mass is 35.5. The number of benzene rings is 2. The Morgan fingerprint density at radius 2 is 1.69 bits per heavy atom. The number of ether oxygens (including phenoxy) is 1. The van der Waals surface area contributed by atoms with Gasteiger partial charge >= 0.3 is 5.97 Å². The molecule has 5 rings (SSSR count). The van der Waals surface area contributed by atoms with Gasteiger partial charge < -0.3 is 10.1 Å². The number of halogens is 4. The third kappa shape index (κ3) is 4.20. The fourth-order valence-corrected chi connectivity index (χ4v) is 8.77. The zero-order chi connectivity index (χ0) is 25.1. The van der Waals surface area contributed by atoms with Crippen molar-refractivity contribution in [1.82, 2.24) is 0 Å². The van der Waals surface area contributed by atoms with E-state index in [4.69, 9.17) is 16.3 Å². The second-order valence-corrected chi connectivity index (χ2v) is 12.0. The lowest BCUT2D eigenvalue weighted by Crippen LogP contribution is -2.46. The van der Waals surface area contributed by atoms with Gasteiger partial charge in [-0.2, -0.15) is 0 Å². The maximum Gasteiger partial charge on any atom is 0.306 e. The molecule has 1 spiro atoms. The fourth-order valence-electron chi connectivity index (χ4n) is 5.92. The lowest BCUT2D eigenvalue weighted by Gasteiger charge is -2.40. The van der Waals surface area contributed by atoms with Gasteiger partial charge in [0.25, 0.3) is 5.91 Å². The number of rotatable bonds is 4. The Hall–Kier alpha value is -2.59. The first-order valence-corrected chi connectivity index (χ1v) is 13.1. The first-order valence-electron chi connectivity index (χ1n) is 11.2. The van der Waals surface area contributed by atoms with Crippen LogP contribution in [0.5, 0.6) is 0 Å². The molecule has 3 aliphatic rings. The first-order chi connectivity index (χ1) is 16.5. The van der Waals surface area contributed by atoms with Gasteiger partial charge in [0.1, 0.15) is 5.60 Å². The fraction of sp³-hybridized carbons (Fsp3) is 0.417. The van der Waals surface area contributed by atoms with Crippen molar-refractivity contribution in [3.8, 4) is 0 Å². The van der Waals surface area contributed by atoms with Gasteiger partial charge in [-0.05, 0) is 62.1 Å². The van der Waals surface area contributed by atoms with Crippen molar-refractivity contribution in [1.29, 1.82) is 0 Å². The molecule has 186 valence electrons. The maximum atomic E-state index is 13.7. The van der Waals surface area contributed by atoms with E-state index in [1.807, 2.05) is 0 Å². The van der Waals surface area contributed by atoms with Crippen molar-refractivity contribution in [3.63, 3.8) is 0 Å². The zero-order valence-corrected chi connectivity index (χ0v) is 19.9. The molecule has 2 bridgehead atoms. The molecule has 1 saturated heterocycles. The Labute approximate surface area is 204 Å². The van der Waals surface area contributed by atoms with Crippen LogP contribution in [0.3, 0.4) is 0 Å². The number of hydrogen-bond acceptors (Lipinski definition) is 5. The molecule has 0 aromatic heterocycles. The molecule has 11 heteroatoms. The summed E-state index contributed by atoms with van der Waals surface area (Å²) >= 11 is 6.26. The van der Waals surface area contributed by atoms with Gasteiger partial charge in [-0.15, -0.1) is 0 Å². The average molecular weight is 528 g/mol. The Balaban J connectivity index is 1.41. The van der Waals surface area contributed by atoms with Crippen molar-refractivity contribution in [3.05, 3.63) is 58.4 Å². The molecule has 6 nitrogen and oxygen atoms in total. The van der Waals surface area contributed by atoms with Crippen LogP contribution in [-0.2, 0) is 19.4 Å². The molecule has 35 heavy (non-hydrogen) atoms. The third-order valence-electron chi connectivity index (χ3n) is 7.32. The smallest absolute Gasteiger partial charge is 0.306 e. The van der Waals surface area contributed by atoms with Crippen LogP contribution >= 0.6 is 11.6 Å². The van der Waals surface area contributed by atoms with E-state index in [-0.39, 0.29) is 39.0 Å². The molecule has 4 atom stereocenters. The van der Waals surface area contributed by atoms with Crippen LogP contribution < -0.4 is 5.32 Å². The molecule has 1 amide bonds. The molecule has 3 fully saturated rings. The van der Waals surface area contributed by atoms with Gasteiger partial charge in [-0.25, -0.2) is 21.6 Å². The predicted molar refractivity (Wildman–Crippen MR) is 120 cm³/mol. The topological polar surface area (TPSA) is 89.5 Å². The number of amides is 1. The number of fused-ring (bicyclic) bond motifs is 2. The van der Waals surface area contributed by atoms with E-state index in [1.165, 1.54) is 12.1 Å². The molecule has 2 aromatic carbocycles. The van der Waals surface area contributed by atoms with E-state index in [0.717, 1.165) is 6.07 Å². The van der Waals surface area contributed by atoms with Crippen LogP contribution in [0.2, 0.25) is 5.02 Å². The highest BCUT2D eigenvalue weighted by molar-refractivity contribution is 7.92. The van der Waals surface area contributed by atoms with Crippen LogP contribution in [0.25, 0.3) is 0 Å². The summed E-state index contributed by atoms with van der Waals surface area (Å²) in [6.07, 6.45) is 3.24. The summed E-state index contributed by atoms with van der Waals surface area (Å²) in [5.74, 6) is -6.12. The molecule has 1 heterocycles. The van der Waals surface area contributed by atoms with E-state index in [9.17, 15) is 31.2 Å². The minimum absolute atomic E-state index is 0.0487. The van der Waals surface area contributed by atoms with E-state index >= 15 is 0 Å². The number of anilines is 1. The van der Waals surface area contributed by atoms with Crippen molar-refractivity contribution in [2.75, 3.05) is 5.32 Å². The summed E-state index contributed by atoms with van der Waals surface area (Å²) in [5, 5.41) is 1.47. The van der Waals surface area contributed by atoms with E-state index < -0.39 is 44.0 Å². The van der Waals surface area contributed by atoms with Crippen molar-refractivity contribution >= 4 is 39.0 Å². The standard InChI is InChI=1S/C24H21ClF3NO5S/c25-16-4-3-12(23(31)29-15-8-17(26)21(28)18(27)9-15)7-19(16)35(32,33)22-13-1-2-14(22)11-24(10-13)6-5-20(30)34-24/h3-4,7-9,13-14,22H,1-2,5-6,10-11H2,(H,29,31)/t13-,14?,22?,24+/m0/s1. The average Bonchev–Trinajstić information content (AvgIpc) is 3.29. The van der Waals surface area contributed by atoms with Crippen LogP contribution in [0.4, 0.5) is 18.9 Å². The maximum absolute atomic E-state index is 13.7. The number of carbonyl (C=O) groups excluding carboxylic acids is 2. The molecular formula is C24H21ClF3NO5S. The number of esters is 1. The summed E-state index contributed by atoms with van der Waals surface area (Å²) in [5.41, 5.74) is -1.02. The highest BCUT2D eigenvalue weighted by Gasteiger charge is 2.57. The lowest BCUT2D eigenvalue weighted by molar-refractivity contribution is -0.152. The van der Waals surface area contributed by atoms with Crippen LogP contribution in [0.15, 0.2) is 35.2 Å². The Kier molecular flexibility index (Phi) is 5.87. The van der Waals surface area contributed by atoms with Gasteiger partial charge in [0.15, 0.2) is 27.3 Å². The van der Waals surface area contributed by atoms with Gasteiger partial charge in [0, 0.05) is 29.8 Å². The molecule has 2 aliphatic carbocycles. The second-order valence-electron chi connectivity index (χ2n) is 9.53. The van der Waals surface area contributed by atoms with Crippen LogP contribution in [0.1, 0.15) is 48.9 Å². The summed E-state index contributed by atoms with van der Waals surface area (Å²) in [6.45, 7) is 0. The Bertz CT molecular complexity index is 1310. The largest absolute Gasteiger partial charge is 0.459 e. The number of hydrogen-bond donors (Lipinski definition) is 1. The van der Waals surface area contributed by atoms with Gasteiger partial charge in [-0.1, -0.05) is 11.6 Å². The Morgan fingerprint density at radius 1 is 1.06 bits per heavy atom. The van der Waals surface area contributed by atoms with E-state index in [1.54, 1.807) is 0 Å². The van der Waals surface area contributed by atoms with Gasteiger partial charge in [0.05, 0.1) is 15.2 Å². The van der Waals surface area contributed by atoms with Gasteiger partial charge in [-0.3, -0.25) is 9.59 Å². The molecule has 1 aliphatic heterocycles. The SMILES string of the molecule is O=C1CC[C@@]2(CC3CC[C@@H](C2)C3S(=O)(=O)c2cc(C(=O)Nc3cc(F)c(F)c(F)c3)ccc2Cl)O1. The Morgan fingerprint density at radius 3 is 2.26 bits per heavy atom.